The smallest absolute Gasteiger partial charge is 0.274 e. The van der Waals surface area contributed by atoms with E-state index in [4.69, 9.17) is 4.74 Å². The number of rotatable bonds is 6. The van der Waals surface area contributed by atoms with Gasteiger partial charge >= 0.3 is 0 Å². The number of benzene rings is 1. The number of aromatic nitrogens is 2. The Labute approximate surface area is 111 Å². The standard InChI is InChI=1S/C12H15N3O3S/c1-2-18-11-6-4-3-5-10(11)9-15-19(16,17)12-13-7-8-14-12/h3-8,15H,2,9H2,1H3,(H,13,14). The second kappa shape index (κ2) is 5.85. The number of sulfonamides is 1. The van der Waals surface area contributed by atoms with E-state index in [1.807, 2.05) is 25.1 Å². The zero-order valence-electron chi connectivity index (χ0n) is 10.5. The van der Waals surface area contributed by atoms with E-state index >= 15 is 0 Å². The first-order chi connectivity index (χ1) is 9.13. The van der Waals surface area contributed by atoms with Crippen molar-refractivity contribution < 1.29 is 13.2 Å². The van der Waals surface area contributed by atoms with Crippen molar-refractivity contribution in [2.75, 3.05) is 6.61 Å². The Balaban J connectivity index is 2.11. The molecule has 7 heteroatoms. The lowest BCUT2D eigenvalue weighted by molar-refractivity contribution is 0.336. The van der Waals surface area contributed by atoms with Crippen LogP contribution < -0.4 is 9.46 Å². The first-order valence-electron chi connectivity index (χ1n) is 5.83. The molecule has 0 atom stereocenters. The van der Waals surface area contributed by atoms with Crippen molar-refractivity contribution in [2.24, 2.45) is 0 Å². The lowest BCUT2D eigenvalue weighted by atomic mass is 10.2. The Morgan fingerprint density at radius 1 is 1.37 bits per heavy atom. The number of H-pyrrole nitrogens is 1. The number of nitrogens with zero attached hydrogens (tertiary/aromatic N) is 1. The van der Waals surface area contributed by atoms with Gasteiger partial charge in [0.2, 0.25) is 5.16 Å². The van der Waals surface area contributed by atoms with Crippen LogP contribution in [-0.2, 0) is 16.6 Å². The molecule has 0 bridgehead atoms. The Morgan fingerprint density at radius 3 is 2.84 bits per heavy atom. The Kier molecular flexibility index (Phi) is 4.18. The van der Waals surface area contributed by atoms with Crippen LogP contribution in [0.4, 0.5) is 0 Å². The number of hydrogen-bond acceptors (Lipinski definition) is 4. The van der Waals surface area contributed by atoms with Gasteiger partial charge in [-0.3, -0.25) is 0 Å². The van der Waals surface area contributed by atoms with Crippen LogP contribution >= 0.6 is 0 Å². The van der Waals surface area contributed by atoms with Crippen LogP contribution in [0.2, 0.25) is 0 Å². The van der Waals surface area contributed by atoms with Crippen LogP contribution in [0, 0.1) is 0 Å². The highest BCUT2D eigenvalue weighted by molar-refractivity contribution is 7.89. The number of ether oxygens (including phenoxy) is 1. The summed E-state index contributed by atoms with van der Waals surface area (Å²) in [6, 6.07) is 7.30. The van der Waals surface area contributed by atoms with E-state index in [0.717, 1.165) is 5.56 Å². The van der Waals surface area contributed by atoms with Crippen molar-refractivity contribution in [3.05, 3.63) is 42.2 Å². The maximum absolute atomic E-state index is 11.9. The molecule has 102 valence electrons. The molecule has 2 rings (SSSR count). The molecule has 0 amide bonds. The van der Waals surface area contributed by atoms with E-state index in [1.54, 1.807) is 6.07 Å². The third-order valence-electron chi connectivity index (χ3n) is 2.45. The summed E-state index contributed by atoms with van der Waals surface area (Å²) in [4.78, 5) is 6.28. The van der Waals surface area contributed by atoms with Crippen molar-refractivity contribution in [2.45, 2.75) is 18.6 Å². The van der Waals surface area contributed by atoms with Crippen LogP contribution in [0.25, 0.3) is 0 Å². The molecule has 19 heavy (non-hydrogen) atoms. The van der Waals surface area contributed by atoms with Gasteiger partial charge in [0.15, 0.2) is 0 Å². The molecule has 0 spiro atoms. The Bertz CT molecular complexity index is 623. The van der Waals surface area contributed by atoms with Crippen LogP contribution in [-0.4, -0.2) is 25.0 Å². The van der Waals surface area contributed by atoms with Gasteiger partial charge in [0.1, 0.15) is 5.75 Å². The third kappa shape index (κ3) is 3.33. The minimum absolute atomic E-state index is 0.0959. The highest BCUT2D eigenvalue weighted by Gasteiger charge is 2.16. The number of imidazole rings is 1. The SMILES string of the molecule is CCOc1ccccc1CNS(=O)(=O)c1ncc[nH]1. The topological polar surface area (TPSA) is 84.1 Å². The fourth-order valence-electron chi connectivity index (χ4n) is 1.59. The maximum atomic E-state index is 11.9. The molecule has 2 N–H and O–H groups in total. The average Bonchev–Trinajstić information content (AvgIpc) is 2.93. The lowest BCUT2D eigenvalue weighted by Crippen LogP contribution is -2.24. The summed E-state index contributed by atoms with van der Waals surface area (Å²) in [7, 11) is -3.62. The third-order valence-corrected chi connectivity index (χ3v) is 3.71. The van der Waals surface area contributed by atoms with Crippen molar-refractivity contribution in [3.8, 4) is 5.75 Å². The second-order valence-corrected chi connectivity index (χ2v) is 5.44. The Hall–Kier alpha value is -1.86. The minimum Gasteiger partial charge on any atom is -0.494 e. The summed E-state index contributed by atoms with van der Waals surface area (Å²) in [5.41, 5.74) is 0.777. The zero-order valence-corrected chi connectivity index (χ0v) is 11.3. The largest absolute Gasteiger partial charge is 0.494 e. The van der Waals surface area contributed by atoms with Crippen molar-refractivity contribution in [1.82, 2.24) is 14.7 Å². The summed E-state index contributed by atoms with van der Waals surface area (Å²) >= 11 is 0. The Morgan fingerprint density at radius 2 is 2.16 bits per heavy atom. The highest BCUT2D eigenvalue weighted by atomic mass is 32.2. The van der Waals surface area contributed by atoms with Crippen LogP contribution in [0.3, 0.4) is 0 Å². The van der Waals surface area contributed by atoms with Gasteiger partial charge in [-0.2, -0.15) is 0 Å². The minimum atomic E-state index is -3.62. The molecule has 2 aromatic rings. The van der Waals surface area contributed by atoms with E-state index in [-0.39, 0.29) is 11.7 Å². The summed E-state index contributed by atoms with van der Waals surface area (Å²) in [5.74, 6) is 0.673. The highest BCUT2D eigenvalue weighted by Crippen LogP contribution is 2.18. The zero-order chi connectivity index (χ0) is 13.7. The quantitative estimate of drug-likeness (QED) is 0.835. The van der Waals surface area contributed by atoms with Crippen molar-refractivity contribution in [1.29, 1.82) is 0 Å². The van der Waals surface area contributed by atoms with Crippen LogP contribution in [0.1, 0.15) is 12.5 Å². The van der Waals surface area contributed by atoms with E-state index in [0.29, 0.717) is 12.4 Å². The van der Waals surface area contributed by atoms with Crippen molar-refractivity contribution in [3.63, 3.8) is 0 Å². The van der Waals surface area contributed by atoms with E-state index in [9.17, 15) is 8.42 Å². The predicted octanol–water partition coefficient (Wildman–Crippen LogP) is 1.29. The summed E-state index contributed by atoms with van der Waals surface area (Å²) in [6.45, 7) is 2.56. The molecule has 1 aromatic carbocycles. The molecular weight excluding hydrogens is 266 g/mol. The van der Waals surface area contributed by atoms with Gasteiger partial charge in [-0.05, 0) is 13.0 Å². The maximum Gasteiger partial charge on any atom is 0.274 e. The molecule has 0 saturated carbocycles. The van der Waals surface area contributed by atoms with Gasteiger partial charge in [-0.1, -0.05) is 18.2 Å². The van der Waals surface area contributed by atoms with Crippen LogP contribution in [0.15, 0.2) is 41.8 Å². The molecule has 0 radical (unpaired) electrons. The van der Waals surface area contributed by atoms with Gasteiger partial charge in [-0.15, -0.1) is 0 Å². The summed E-state index contributed by atoms with van der Waals surface area (Å²) < 4.78 is 31.7. The van der Waals surface area contributed by atoms with Gasteiger partial charge in [-0.25, -0.2) is 18.1 Å². The van der Waals surface area contributed by atoms with E-state index in [1.165, 1.54) is 12.4 Å². The van der Waals surface area contributed by atoms with Gasteiger partial charge < -0.3 is 9.72 Å². The molecule has 0 saturated heterocycles. The molecule has 0 fully saturated rings. The molecule has 1 aromatic heterocycles. The summed E-state index contributed by atoms with van der Waals surface area (Å²) in [5, 5.41) is -0.0959. The van der Waals surface area contributed by atoms with Crippen LogP contribution in [0.5, 0.6) is 5.75 Å². The predicted molar refractivity (Wildman–Crippen MR) is 70.2 cm³/mol. The van der Waals surface area contributed by atoms with E-state index < -0.39 is 10.0 Å². The number of nitrogens with one attached hydrogen (secondary N) is 2. The van der Waals surface area contributed by atoms with Gasteiger partial charge in [0, 0.05) is 24.5 Å². The number of hydrogen-bond donors (Lipinski definition) is 2. The fraction of sp³-hybridized carbons (Fsp3) is 0.250. The number of aromatic amines is 1. The number of para-hydroxylation sites is 1. The first-order valence-corrected chi connectivity index (χ1v) is 7.31. The van der Waals surface area contributed by atoms with Gasteiger partial charge in [0.25, 0.3) is 10.0 Å². The fourth-order valence-corrected chi connectivity index (χ4v) is 2.49. The molecule has 6 nitrogen and oxygen atoms in total. The molecule has 0 aliphatic heterocycles. The second-order valence-electron chi connectivity index (χ2n) is 3.76. The van der Waals surface area contributed by atoms with E-state index in [2.05, 4.69) is 14.7 Å². The normalized spacial score (nSPS) is 11.4. The lowest BCUT2D eigenvalue weighted by Gasteiger charge is -2.10. The average molecular weight is 281 g/mol. The molecule has 1 heterocycles. The molecular formula is C12H15N3O3S. The van der Waals surface area contributed by atoms with Crippen molar-refractivity contribution >= 4 is 10.0 Å². The first kappa shape index (κ1) is 13.6. The van der Waals surface area contributed by atoms with Gasteiger partial charge in [0.05, 0.1) is 6.61 Å². The molecule has 0 aliphatic rings. The molecule has 0 aliphatic carbocycles. The summed E-state index contributed by atoms with van der Waals surface area (Å²) in [6.07, 6.45) is 2.85. The molecule has 0 unspecified atom stereocenters. The monoisotopic (exact) mass is 281 g/mol.